The van der Waals surface area contributed by atoms with Crippen molar-refractivity contribution in [3.05, 3.63) is 12.2 Å². The summed E-state index contributed by atoms with van der Waals surface area (Å²) in [5.41, 5.74) is 0. The highest BCUT2D eigenvalue weighted by molar-refractivity contribution is 4.85. The Morgan fingerprint density at radius 3 is 1.63 bits per heavy atom. The molecule has 0 aromatic carbocycles. The zero-order valence-electron chi connectivity index (χ0n) is 12.9. The number of unbranched alkanes of at least 4 members (excludes halogenated alkanes) is 2. The molecule has 0 saturated carbocycles. The molecule has 0 bridgehead atoms. The quantitative estimate of drug-likeness (QED) is 0.266. The van der Waals surface area contributed by atoms with E-state index in [1.165, 1.54) is 25.7 Å². The van der Waals surface area contributed by atoms with Crippen LogP contribution in [0, 0.1) is 0 Å². The van der Waals surface area contributed by atoms with Crippen molar-refractivity contribution in [1.29, 1.82) is 0 Å². The van der Waals surface area contributed by atoms with Gasteiger partial charge in [0.15, 0.2) is 0 Å². The van der Waals surface area contributed by atoms with Gasteiger partial charge < -0.3 is 21.3 Å². The van der Waals surface area contributed by atoms with E-state index in [-0.39, 0.29) is 0 Å². The van der Waals surface area contributed by atoms with Crippen LogP contribution < -0.4 is 21.3 Å². The Balaban J connectivity index is 3.01. The first-order valence-electron chi connectivity index (χ1n) is 7.83. The Bertz CT molecular complexity index is 183. The topological polar surface area (TPSA) is 48.1 Å². The van der Waals surface area contributed by atoms with Gasteiger partial charge in [0.25, 0.3) is 0 Å². The minimum Gasteiger partial charge on any atom is -0.320 e. The Labute approximate surface area is 119 Å². The average Bonchev–Trinajstić information content (AvgIpc) is 2.43. The highest BCUT2D eigenvalue weighted by Gasteiger charge is 1.87. The monoisotopic (exact) mass is 270 g/mol. The van der Waals surface area contributed by atoms with E-state index < -0.39 is 0 Å². The molecule has 4 N–H and O–H groups in total. The molecule has 0 amide bonds. The lowest BCUT2D eigenvalue weighted by molar-refractivity contribution is 0.608. The summed E-state index contributed by atoms with van der Waals surface area (Å²) in [6.07, 6.45) is 9.44. The van der Waals surface area contributed by atoms with Gasteiger partial charge in [-0.1, -0.05) is 19.1 Å². The molecule has 19 heavy (non-hydrogen) atoms. The van der Waals surface area contributed by atoms with Crippen LogP contribution in [0.2, 0.25) is 0 Å². The number of rotatable bonds is 15. The van der Waals surface area contributed by atoms with E-state index in [1.807, 2.05) is 7.05 Å². The largest absolute Gasteiger partial charge is 0.320 e. The fraction of sp³-hybridized carbons (Fsp3) is 0.867. The third-order valence-electron chi connectivity index (χ3n) is 2.93. The van der Waals surface area contributed by atoms with Crippen molar-refractivity contribution in [3.8, 4) is 0 Å². The molecule has 4 nitrogen and oxygen atoms in total. The smallest absolute Gasteiger partial charge is 0.0135 e. The summed E-state index contributed by atoms with van der Waals surface area (Å²) in [6.45, 7) is 9.71. The summed E-state index contributed by atoms with van der Waals surface area (Å²) in [5, 5.41) is 13.3. The third kappa shape index (κ3) is 17.6. The molecule has 114 valence electrons. The van der Waals surface area contributed by atoms with Gasteiger partial charge in [-0.05, 0) is 65.5 Å². The van der Waals surface area contributed by atoms with Crippen LogP contribution in [0.15, 0.2) is 12.2 Å². The summed E-state index contributed by atoms with van der Waals surface area (Å²) in [5.74, 6) is 0. The van der Waals surface area contributed by atoms with Crippen molar-refractivity contribution >= 4 is 0 Å². The normalized spacial score (nSPS) is 11.5. The summed E-state index contributed by atoms with van der Waals surface area (Å²) in [6, 6.07) is 0. The lowest BCUT2D eigenvalue weighted by atomic mass is 10.3. The van der Waals surface area contributed by atoms with Gasteiger partial charge in [0.05, 0.1) is 0 Å². The molecule has 0 aliphatic carbocycles. The van der Waals surface area contributed by atoms with Gasteiger partial charge in [-0.3, -0.25) is 0 Å². The highest BCUT2D eigenvalue weighted by atomic mass is 14.9. The number of nitrogens with one attached hydrogen (secondary N) is 4. The van der Waals surface area contributed by atoms with Gasteiger partial charge in [-0.2, -0.15) is 0 Å². The molecule has 0 saturated heterocycles. The lowest BCUT2D eigenvalue weighted by Gasteiger charge is -2.03. The first-order valence-corrected chi connectivity index (χ1v) is 7.83. The summed E-state index contributed by atoms with van der Waals surface area (Å²) < 4.78 is 0. The summed E-state index contributed by atoms with van der Waals surface area (Å²) >= 11 is 0. The van der Waals surface area contributed by atoms with Gasteiger partial charge in [0.1, 0.15) is 0 Å². The van der Waals surface area contributed by atoms with Crippen LogP contribution in [-0.4, -0.2) is 52.9 Å². The van der Waals surface area contributed by atoms with Crippen molar-refractivity contribution in [1.82, 2.24) is 21.3 Å². The second kappa shape index (κ2) is 17.6. The van der Waals surface area contributed by atoms with E-state index in [4.69, 9.17) is 0 Å². The standard InChI is InChI=1S/C15H34N4/c1-3-17-11-6-7-13-19-15-9-8-14-18-12-5-4-10-16-2/h8-9,16-19H,3-7,10-15H2,1-2H3/b9-8+. The average molecular weight is 270 g/mol. The molecule has 0 unspecified atom stereocenters. The molecule has 0 aliphatic heterocycles. The molecule has 0 aliphatic rings. The highest BCUT2D eigenvalue weighted by Crippen LogP contribution is 1.85. The van der Waals surface area contributed by atoms with Crippen molar-refractivity contribution in [2.24, 2.45) is 0 Å². The summed E-state index contributed by atoms with van der Waals surface area (Å²) in [7, 11) is 2.00. The van der Waals surface area contributed by atoms with Crippen LogP contribution in [0.1, 0.15) is 32.6 Å². The fourth-order valence-electron chi connectivity index (χ4n) is 1.77. The molecule has 0 rings (SSSR count). The maximum Gasteiger partial charge on any atom is 0.0135 e. The van der Waals surface area contributed by atoms with Gasteiger partial charge in [0, 0.05) is 13.1 Å². The van der Waals surface area contributed by atoms with Crippen molar-refractivity contribution in [3.63, 3.8) is 0 Å². The predicted molar refractivity (Wildman–Crippen MR) is 85.8 cm³/mol. The third-order valence-corrected chi connectivity index (χ3v) is 2.93. The first kappa shape index (κ1) is 18.6. The van der Waals surface area contributed by atoms with E-state index in [2.05, 4.69) is 40.3 Å². The van der Waals surface area contributed by atoms with Crippen molar-refractivity contribution in [2.75, 3.05) is 52.9 Å². The lowest BCUT2D eigenvalue weighted by Crippen LogP contribution is -2.19. The van der Waals surface area contributed by atoms with Gasteiger partial charge >= 0.3 is 0 Å². The molecule has 0 spiro atoms. The predicted octanol–water partition coefficient (Wildman–Crippen LogP) is 1.11. The molecule has 4 heteroatoms. The van der Waals surface area contributed by atoms with Crippen molar-refractivity contribution < 1.29 is 0 Å². The van der Waals surface area contributed by atoms with Crippen LogP contribution in [0.25, 0.3) is 0 Å². The Morgan fingerprint density at radius 1 is 0.684 bits per heavy atom. The minimum absolute atomic E-state index is 0.988. The van der Waals surface area contributed by atoms with Crippen molar-refractivity contribution in [2.45, 2.75) is 32.6 Å². The van der Waals surface area contributed by atoms with Crippen LogP contribution in [0.4, 0.5) is 0 Å². The SMILES string of the molecule is CCNCCCCNC/C=C/CNCCCCNC. The van der Waals surface area contributed by atoms with E-state index in [0.717, 1.165) is 45.8 Å². The fourth-order valence-corrected chi connectivity index (χ4v) is 1.77. The molecular formula is C15H34N4. The number of hydrogen-bond acceptors (Lipinski definition) is 4. The second-order valence-electron chi connectivity index (χ2n) is 4.75. The molecule has 0 aromatic rings. The maximum absolute atomic E-state index is 3.43. The Morgan fingerprint density at radius 2 is 1.16 bits per heavy atom. The second-order valence-corrected chi connectivity index (χ2v) is 4.75. The van der Waals surface area contributed by atoms with E-state index in [9.17, 15) is 0 Å². The zero-order valence-corrected chi connectivity index (χ0v) is 12.9. The number of hydrogen-bond donors (Lipinski definition) is 4. The summed E-state index contributed by atoms with van der Waals surface area (Å²) in [4.78, 5) is 0. The molecule has 0 radical (unpaired) electrons. The van der Waals surface area contributed by atoms with E-state index in [0.29, 0.717) is 0 Å². The molecule has 0 heterocycles. The van der Waals surface area contributed by atoms with Gasteiger partial charge in [0.2, 0.25) is 0 Å². The zero-order chi connectivity index (χ0) is 14.0. The molecular weight excluding hydrogens is 236 g/mol. The van der Waals surface area contributed by atoms with Gasteiger partial charge in [-0.15, -0.1) is 0 Å². The molecule has 0 fully saturated rings. The minimum atomic E-state index is 0.988. The first-order chi connectivity index (χ1) is 9.41. The Kier molecular flexibility index (Phi) is 17.2. The van der Waals surface area contributed by atoms with Crippen LogP contribution in [0.3, 0.4) is 0 Å². The van der Waals surface area contributed by atoms with Crippen LogP contribution >= 0.6 is 0 Å². The van der Waals surface area contributed by atoms with Gasteiger partial charge in [-0.25, -0.2) is 0 Å². The maximum atomic E-state index is 3.43. The molecule has 0 aromatic heterocycles. The van der Waals surface area contributed by atoms with E-state index >= 15 is 0 Å². The van der Waals surface area contributed by atoms with Crippen LogP contribution in [0.5, 0.6) is 0 Å². The van der Waals surface area contributed by atoms with E-state index in [1.54, 1.807) is 0 Å². The molecule has 0 atom stereocenters. The Hall–Kier alpha value is -0.420. The van der Waals surface area contributed by atoms with Crippen LogP contribution in [-0.2, 0) is 0 Å².